The van der Waals surface area contributed by atoms with E-state index < -0.39 is 0 Å². The summed E-state index contributed by atoms with van der Waals surface area (Å²) in [5.74, 6) is -0.191. The molecule has 1 rings (SSSR count). The van der Waals surface area contributed by atoms with E-state index in [1.165, 1.54) is 6.07 Å². The first-order valence-corrected chi connectivity index (χ1v) is 6.38. The molecule has 0 amide bonds. The lowest BCUT2D eigenvalue weighted by atomic mass is 10.2. The number of hydrogen-bond acceptors (Lipinski definition) is 2. The van der Waals surface area contributed by atoms with E-state index in [0.29, 0.717) is 6.54 Å². The van der Waals surface area contributed by atoms with Crippen LogP contribution < -0.4 is 10.6 Å². The Morgan fingerprint density at radius 1 is 1.19 bits per heavy atom. The van der Waals surface area contributed by atoms with Crippen LogP contribution >= 0.6 is 15.9 Å². The maximum atomic E-state index is 13.0. The summed E-state index contributed by atoms with van der Waals surface area (Å²) in [5.41, 5.74) is 0.954. The minimum atomic E-state index is -0.191. The van der Waals surface area contributed by atoms with Crippen molar-refractivity contribution in [2.24, 2.45) is 0 Å². The Morgan fingerprint density at radius 2 is 1.94 bits per heavy atom. The van der Waals surface area contributed by atoms with Gasteiger partial charge in [-0.3, -0.25) is 0 Å². The van der Waals surface area contributed by atoms with E-state index in [2.05, 4.69) is 33.5 Å². The van der Waals surface area contributed by atoms with Crippen molar-refractivity contribution in [1.29, 1.82) is 0 Å². The molecule has 0 saturated carbocycles. The average molecular weight is 289 g/mol. The quantitative estimate of drug-likeness (QED) is 0.754. The van der Waals surface area contributed by atoms with E-state index in [4.69, 9.17) is 0 Å². The summed E-state index contributed by atoms with van der Waals surface area (Å²) in [6, 6.07) is 4.74. The highest BCUT2D eigenvalue weighted by Crippen LogP contribution is 2.17. The molecule has 0 aliphatic carbocycles. The molecule has 16 heavy (non-hydrogen) atoms. The second kappa shape index (κ2) is 7.76. The standard InChI is InChI=1S/C12H18BrFN2/c1-2-5-15-6-7-16-9-10-8-11(14)3-4-12(10)13/h3-4,8,15-16H,2,5-7,9H2,1H3. The van der Waals surface area contributed by atoms with Crippen molar-refractivity contribution < 1.29 is 4.39 Å². The van der Waals surface area contributed by atoms with E-state index in [1.807, 2.05) is 0 Å². The van der Waals surface area contributed by atoms with Crippen LogP contribution in [0.3, 0.4) is 0 Å². The molecule has 2 nitrogen and oxygen atoms in total. The molecule has 0 radical (unpaired) electrons. The smallest absolute Gasteiger partial charge is 0.123 e. The topological polar surface area (TPSA) is 24.1 Å². The zero-order chi connectivity index (χ0) is 11.8. The van der Waals surface area contributed by atoms with Gasteiger partial charge in [0.25, 0.3) is 0 Å². The molecular formula is C12H18BrFN2. The predicted octanol–water partition coefficient (Wildman–Crippen LogP) is 2.68. The molecule has 0 atom stereocenters. The fraction of sp³-hybridized carbons (Fsp3) is 0.500. The minimum absolute atomic E-state index is 0.191. The Kier molecular flexibility index (Phi) is 6.61. The molecule has 4 heteroatoms. The average Bonchev–Trinajstić information content (AvgIpc) is 2.28. The number of hydrogen-bond donors (Lipinski definition) is 2. The normalized spacial score (nSPS) is 10.7. The highest BCUT2D eigenvalue weighted by Gasteiger charge is 2.00. The Balaban J connectivity index is 2.23. The van der Waals surface area contributed by atoms with Gasteiger partial charge in [0, 0.05) is 24.1 Å². The third-order valence-electron chi connectivity index (χ3n) is 2.23. The second-order valence-electron chi connectivity index (χ2n) is 3.66. The van der Waals surface area contributed by atoms with Crippen molar-refractivity contribution in [3.05, 3.63) is 34.1 Å². The second-order valence-corrected chi connectivity index (χ2v) is 4.52. The highest BCUT2D eigenvalue weighted by atomic mass is 79.9. The van der Waals surface area contributed by atoms with Gasteiger partial charge in [-0.15, -0.1) is 0 Å². The number of halogens is 2. The molecular weight excluding hydrogens is 271 g/mol. The van der Waals surface area contributed by atoms with Crippen molar-refractivity contribution in [1.82, 2.24) is 10.6 Å². The van der Waals surface area contributed by atoms with Crippen LogP contribution in [0.2, 0.25) is 0 Å². The van der Waals surface area contributed by atoms with Crippen LogP contribution in [-0.4, -0.2) is 19.6 Å². The minimum Gasteiger partial charge on any atom is -0.315 e. The first kappa shape index (κ1) is 13.6. The summed E-state index contributed by atoms with van der Waals surface area (Å²) >= 11 is 3.40. The van der Waals surface area contributed by atoms with Gasteiger partial charge in [-0.2, -0.15) is 0 Å². The van der Waals surface area contributed by atoms with Crippen molar-refractivity contribution in [2.75, 3.05) is 19.6 Å². The summed E-state index contributed by atoms with van der Waals surface area (Å²) in [4.78, 5) is 0. The van der Waals surface area contributed by atoms with Crippen LogP contribution in [0, 0.1) is 5.82 Å². The molecule has 0 saturated heterocycles. The maximum absolute atomic E-state index is 13.0. The summed E-state index contributed by atoms with van der Waals surface area (Å²) < 4.78 is 13.9. The summed E-state index contributed by atoms with van der Waals surface area (Å²) in [6.07, 6.45) is 1.15. The third kappa shape index (κ3) is 5.05. The van der Waals surface area contributed by atoms with Gasteiger partial charge in [0.1, 0.15) is 5.82 Å². The Morgan fingerprint density at radius 3 is 2.69 bits per heavy atom. The third-order valence-corrected chi connectivity index (χ3v) is 3.00. The number of nitrogens with one attached hydrogen (secondary N) is 2. The van der Waals surface area contributed by atoms with E-state index in [0.717, 1.165) is 36.1 Å². The summed E-state index contributed by atoms with van der Waals surface area (Å²) in [6.45, 7) is 5.71. The molecule has 0 heterocycles. The Labute approximate surface area is 105 Å². The molecule has 0 spiro atoms. The van der Waals surface area contributed by atoms with Crippen LogP contribution in [0.1, 0.15) is 18.9 Å². The van der Waals surface area contributed by atoms with Gasteiger partial charge in [-0.1, -0.05) is 22.9 Å². The lowest BCUT2D eigenvalue weighted by Crippen LogP contribution is -2.27. The van der Waals surface area contributed by atoms with E-state index >= 15 is 0 Å². The number of benzene rings is 1. The zero-order valence-corrected chi connectivity index (χ0v) is 11.1. The van der Waals surface area contributed by atoms with E-state index in [1.54, 1.807) is 12.1 Å². The van der Waals surface area contributed by atoms with Gasteiger partial charge in [0.2, 0.25) is 0 Å². The Bertz CT molecular complexity index is 318. The van der Waals surface area contributed by atoms with Gasteiger partial charge < -0.3 is 10.6 Å². The van der Waals surface area contributed by atoms with Gasteiger partial charge in [0.15, 0.2) is 0 Å². The molecule has 0 unspecified atom stereocenters. The first-order valence-electron chi connectivity index (χ1n) is 5.59. The fourth-order valence-corrected chi connectivity index (χ4v) is 1.77. The summed E-state index contributed by atoms with van der Waals surface area (Å²) in [7, 11) is 0. The Hall–Kier alpha value is -0.450. The van der Waals surface area contributed by atoms with Crippen molar-refractivity contribution >= 4 is 15.9 Å². The van der Waals surface area contributed by atoms with Crippen LogP contribution in [0.15, 0.2) is 22.7 Å². The molecule has 1 aromatic carbocycles. The monoisotopic (exact) mass is 288 g/mol. The first-order chi connectivity index (χ1) is 7.74. The molecule has 0 fully saturated rings. The zero-order valence-electron chi connectivity index (χ0n) is 9.52. The van der Waals surface area contributed by atoms with E-state index in [-0.39, 0.29) is 5.82 Å². The van der Waals surface area contributed by atoms with Crippen LogP contribution in [0.4, 0.5) is 4.39 Å². The van der Waals surface area contributed by atoms with E-state index in [9.17, 15) is 4.39 Å². The van der Waals surface area contributed by atoms with Crippen LogP contribution in [0.5, 0.6) is 0 Å². The molecule has 1 aromatic rings. The van der Waals surface area contributed by atoms with Crippen molar-refractivity contribution in [3.63, 3.8) is 0 Å². The van der Waals surface area contributed by atoms with Crippen LogP contribution in [-0.2, 0) is 6.54 Å². The van der Waals surface area contributed by atoms with Gasteiger partial charge in [-0.05, 0) is 36.7 Å². The molecule has 0 aliphatic rings. The highest BCUT2D eigenvalue weighted by molar-refractivity contribution is 9.10. The van der Waals surface area contributed by atoms with Crippen molar-refractivity contribution in [2.45, 2.75) is 19.9 Å². The maximum Gasteiger partial charge on any atom is 0.123 e. The molecule has 2 N–H and O–H groups in total. The summed E-state index contributed by atoms with van der Waals surface area (Å²) in [5, 5.41) is 6.57. The lowest BCUT2D eigenvalue weighted by molar-refractivity contribution is 0.598. The molecule has 0 aromatic heterocycles. The number of rotatable bonds is 7. The van der Waals surface area contributed by atoms with Crippen LogP contribution in [0.25, 0.3) is 0 Å². The SMILES string of the molecule is CCCNCCNCc1cc(F)ccc1Br. The van der Waals surface area contributed by atoms with Crippen molar-refractivity contribution in [3.8, 4) is 0 Å². The lowest BCUT2D eigenvalue weighted by Gasteiger charge is -2.07. The molecule has 0 bridgehead atoms. The molecule has 90 valence electrons. The van der Waals surface area contributed by atoms with Gasteiger partial charge in [-0.25, -0.2) is 4.39 Å². The molecule has 0 aliphatic heterocycles. The fourth-order valence-electron chi connectivity index (χ4n) is 1.38. The predicted molar refractivity (Wildman–Crippen MR) is 69.0 cm³/mol. The largest absolute Gasteiger partial charge is 0.315 e. The van der Waals surface area contributed by atoms with Gasteiger partial charge >= 0.3 is 0 Å². The van der Waals surface area contributed by atoms with Gasteiger partial charge in [0.05, 0.1) is 0 Å².